The van der Waals surface area contributed by atoms with Crippen molar-refractivity contribution >= 4 is 5.91 Å². The summed E-state index contributed by atoms with van der Waals surface area (Å²) < 4.78 is 15.6. The number of hydrogen-bond acceptors (Lipinski definition) is 3. The van der Waals surface area contributed by atoms with Gasteiger partial charge in [0.15, 0.2) is 0 Å². The molecule has 154 valence electrons. The first-order valence-electron chi connectivity index (χ1n) is 10.9. The lowest BCUT2D eigenvalue weighted by Crippen LogP contribution is -2.64. The van der Waals surface area contributed by atoms with Gasteiger partial charge in [0.25, 0.3) is 5.91 Å². The Kier molecular flexibility index (Phi) is 4.90. The minimum Gasteiger partial charge on any atom is -0.337 e. The van der Waals surface area contributed by atoms with E-state index in [-0.39, 0.29) is 11.7 Å². The van der Waals surface area contributed by atoms with E-state index in [1.54, 1.807) is 18.6 Å². The van der Waals surface area contributed by atoms with E-state index in [9.17, 15) is 9.18 Å². The van der Waals surface area contributed by atoms with E-state index in [1.165, 1.54) is 31.7 Å². The van der Waals surface area contributed by atoms with E-state index in [0.717, 1.165) is 31.6 Å². The molecule has 0 saturated carbocycles. The van der Waals surface area contributed by atoms with Crippen LogP contribution in [0.5, 0.6) is 0 Å². The molecule has 0 aliphatic carbocycles. The van der Waals surface area contributed by atoms with Gasteiger partial charge in [-0.15, -0.1) is 0 Å². The summed E-state index contributed by atoms with van der Waals surface area (Å²) in [5.41, 5.74) is 1.72. The van der Waals surface area contributed by atoms with Crippen molar-refractivity contribution < 1.29 is 9.18 Å². The molecule has 0 spiro atoms. The van der Waals surface area contributed by atoms with E-state index in [0.29, 0.717) is 29.6 Å². The zero-order valence-electron chi connectivity index (χ0n) is 17.0. The Hall–Kier alpha value is -2.21. The number of piperidine rings is 3. The maximum atomic E-state index is 13.8. The Labute approximate surface area is 171 Å². The van der Waals surface area contributed by atoms with Crippen molar-refractivity contribution in [2.45, 2.75) is 44.2 Å². The first-order valence-corrected chi connectivity index (χ1v) is 10.9. The monoisotopic (exact) mass is 396 g/mol. The average molecular weight is 397 g/mol. The van der Waals surface area contributed by atoms with Gasteiger partial charge in [0, 0.05) is 32.2 Å². The number of hydrogen-bond donors (Lipinski definition) is 0. The number of imidazole rings is 1. The number of halogens is 1. The van der Waals surface area contributed by atoms with E-state index >= 15 is 0 Å². The van der Waals surface area contributed by atoms with Crippen molar-refractivity contribution in [2.75, 3.05) is 19.6 Å². The first kappa shape index (κ1) is 18.8. The van der Waals surface area contributed by atoms with Crippen LogP contribution in [0.1, 0.15) is 41.7 Å². The number of carbonyl (C=O) groups excluding carboxylic acids is 1. The van der Waals surface area contributed by atoms with Gasteiger partial charge in [-0.2, -0.15) is 0 Å². The van der Waals surface area contributed by atoms with Gasteiger partial charge >= 0.3 is 0 Å². The number of fused-ring (bicyclic) bond motifs is 4. The van der Waals surface area contributed by atoms with Gasteiger partial charge in [-0.05, 0) is 61.8 Å². The lowest BCUT2D eigenvalue weighted by Gasteiger charge is -2.57. The minimum atomic E-state index is -0.164. The SMILES string of the molecule is Cn1cncc1C(=O)N1C[C@H]2C[C@@H](C1)[C@H](Cc1cccc(F)c1)N1CCCC[C@@H]21. The third-order valence-corrected chi connectivity index (χ3v) is 7.28. The molecule has 0 unspecified atom stereocenters. The fraction of sp³-hybridized carbons (Fsp3) is 0.565. The van der Waals surface area contributed by atoms with Crippen LogP contribution in [-0.2, 0) is 13.5 Å². The van der Waals surface area contributed by atoms with Gasteiger partial charge in [0.1, 0.15) is 11.5 Å². The second kappa shape index (κ2) is 7.56. The van der Waals surface area contributed by atoms with E-state index in [4.69, 9.17) is 0 Å². The molecular formula is C23H29FN4O. The maximum Gasteiger partial charge on any atom is 0.272 e. The predicted molar refractivity (Wildman–Crippen MR) is 109 cm³/mol. The van der Waals surface area contributed by atoms with Crippen LogP contribution in [0.15, 0.2) is 36.8 Å². The van der Waals surface area contributed by atoms with Gasteiger partial charge < -0.3 is 9.47 Å². The molecule has 0 N–H and O–H groups in total. The van der Waals surface area contributed by atoms with Gasteiger partial charge in [-0.3, -0.25) is 9.69 Å². The molecule has 29 heavy (non-hydrogen) atoms. The van der Waals surface area contributed by atoms with Gasteiger partial charge in [-0.1, -0.05) is 18.6 Å². The smallest absolute Gasteiger partial charge is 0.272 e. The third kappa shape index (κ3) is 3.48. The third-order valence-electron chi connectivity index (χ3n) is 7.28. The van der Waals surface area contributed by atoms with Crippen LogP contribution in [0, 0.1) is 17.7 Å². The fourth-order valence-corrected chi connectivity index (χ4v) is 5.99. The number of amides is 1. The second-order valence-corrected chi connectivity index (χ2v) is 9.06. The Morgan fingerprint density at radius 3 is 2.90 bits per heavy atom. The topological polar surface area (TPSA) is 41.4 Å². The molecule has 4 heterocycles. The molecule has 1 aromatic heterocycles. The van der Waals surface area contributed by atoms with Crippen molar-refractivity contribution in [1.29, 1.82) is 0 Å². The molecule has 1 amide bonds. The summed E-state index contributed by atoms with van der Waals surface area (Å²) >= 11 is 0. The molecule has 3 aliphatic heterocycles. The van der Waals surface area contributed by atoms with Crippen LogP contribution in [-0.4, -0.2) is 57.0 Å². The molecule has 2 bridgehead atoms. The van der Waals surface area contributed by atoms with Crippen molar-refractivity contribution in [2.24, 2.45) is 18.9 Å². The number of nitrogens with zero attached hydrogens (tertiary/aromatic N) is 4. The standard InChI is InChI=1S/C23H29FN4O/c1-26-15-25-12-22(26)23(29)27-13-17-11-18(14-27)21(28-8-3-2-7-20(17)28)10-16-5-4-6-19(24)9-16/h4-6,9,12,15,17-18,20-21H,2-3,7-8,10-11,13-14H2,1H3/t17-,18+,20+,21+/m1/s1. The maximum absolute atomic E-state index is 13.8. The molecule has 5 nitrogen and oxygen atoms in total. The van der Waals surface area contributed by atoms with E-state index < -0.39 is 0 Å². The van der Waals surface area contributed by atoms with E-state index in [2.05, 4.69) is 14.8 Å². The molecule has 2 aromatic rings. The zero-order chi connectivity index (χ0) is 20.0. The summed E-state index contributed by atoms with van der Waals surface area (Å²) in [6.07, 6.45) is 9.12. The molecule has 1 aromatic carbocycles. The van der Waals surface area contributed by atoms with Crippen LogP contribution in [0.2, 0.25) is 0 Å². The molecule has 0 radical (unpaired) electrons. The highest BCUT2D eigenvalue weighted by Crippen LogP contribution is 2.42. The quantitative estimate of drug-likeness (QED) is 0.801. The van der Waals surface area contributed by atoms with Gasteiger partial charge in [0.2, 0.25) is 0 Å². The Morgan fingerprint density at radius 2 is 2.10 bits per heavy atom. The highest BCUT2D eigenvalue weighted by molar-refractivity contribution is 5.92. The minimum absolute atomic E-state index is 0.0912. The van der Waals surface area contributed by atoms with Crippen molar-refractivity contribution in [3.05, 3.63) is 53.9 Å². The molecular weight excluding hydrogens is 367 g/mol. The summed E-state index contributed by atoms with van der Waals surface area (Å²) in [6.45, 7) is 2.76. The number of aryl methyl sites for hydroxylation is 1. The number of likely N-dealkylation sites (tertiary alicyclic amines) is 1. The van der Waals surface area contributed by atoms with Crippen molar-refractivity contribution in [3.63, 3.8) is 0 Å². The summed E-state index contributed by atoms with van der Waals surface area (Å²) in [6, 6.07) is 7.95. The van der Waals surface area contributed by atoms with Crippen LogP contribution >= 0.6 is 0 Å². The van der Waals surface area contributed by atoms with Crippen LogP contribution in [0.25, 0.3) is 0 Å². The lowest BCUT2D eigenvalue weighted by atomic mass is 9.71. The second-order valence-electron chi connectivity index (χ2n) is 9.06. The number of aromatic nitrogens is 2. The normalized spacial score (nSPS) is 29.5. The highest BCUT2D eigenvalue weighted by Gasteiger charge is 2.48. The molecule has 4 atom stereocenters. The van der Waals surface area contributed by atoms with E-state index in [1.807, 2.05) is 23.7 Å². The molecule has 3 aliphatic rings. The molecule has 6 heteroatoms. The van der Waals surface area contributed by atoms with Crippen molar-refractivity contribution in [3.8, 4) is 0 Å². The molecule has 3 fully saturated rings. The fourth-order valence-electron chi connectivity index (χ4n) is 5.99. The van der Waals surface area contributed by atoms with Crippen LogP contribution < -0.4 is 0 Å². The van der Waals surface area contributed by atoms with Crippen molar-refractivity contribution in [1.82, 2.24) is 19.4 Å². The van der Waals surface area contributed by atoms with Gasteiger partial charge in [0.05, 0.1) is 12.5 Å². The number of carbonyl (C=O) groups is 1. The summed E-state index contributed by atoms with van der Waals surface area (Å²) in [7, 11) is 1.88. The largest absolute Gasteiger partial charge is 0.337 e. The number of rotatable bonds is 3. The predicted octanol–water partition coefficient (Wildman–Crippen LogP) is 3.12. The first-order chi connectivity index (χ1) is 14.1. The summed E-state index contributed by atoms with van der Waals surface area (Å²) in [4.78, 5) is 22.1. The van der Waals surface area contributed by atoms with Crippen LogP contribution in [0.3, 0.4) is 0 Å². The average Bonchev–Trinajstić information content (AvgIpc) is 3.16. The molecule has 5 rings (SSSR count). The Balaban J connectivity index is 1.42. The zero-order valence-corrected chi connectivity index (χ0v) is 17.0. The lowest BCUT2D eigenvalue weighted by molar-refractivity contribution is -0.0643. The summed E-state index contributed by atoms with van der Waals surface area (Å²) in [5.74, 6) is 0.898. The Bertz CT molecular complexity index is 897. The molecule has 3 saturated heterocycles. The number of benzene rings is 1. The van der Waals surface area contributed by atoms with Crippen LogP contribution in [0.4, 0.5) is 4.39 Å². The Morgan fingerprint density at radius 1 is 1.24 bits per heavy atom. The highest BCUT2D eigenvalue weighted by atomic mass is 19.1. The van der Waals surface area contributed by atoms with Gasteiger partial charge in [-0.25, -0.2) is 9.37 Å². The summed E-state index contributed by atoms with van der Waals surface area (Å²) in [5, 5.41) is 0.